The molecular formula is C11H9Br2NO. The molecule has 0 unspecified atom stereocenters. The van der Waals surface area contributed by atoms with Crippen LogP contribution in [-0.4, -0.2) is 12.5 Å². The Morgan fingerprint density at radius 1 is 1.33 bits per heavy atom. The maximum absolute atomic E-state index is 11.0. The number of benzene rings is 1. The summed E-state index contributed by atoms with van der Waals surface area (Å²) in [6.45, 7) is 0.599. The van der Waals surface area contributed by atoms with E-state index in [9.17, 15) is 4.79 Å². The third-order valence-electron chi connectivity index (χ3n) is 1.77. The summed E-state index contributed by atoms with van der Waals surface area (Å²) in [5.74, 6) is 2.09. The van der Waals surface area contributed by atoms with Gasteiger partial charge in [0.2, 0.25) is 0 Å². The Hall–Kier alpha value is -0.790. The van der Waals surface area contributed by atoms with Crippen molar-refractivity contribution in [3.8, 4) is 10.8 Å². The molecule has 0 aliphatic heterocycles. The summed E-state index contributed by atoms with van der Waals surface area (Å²) in [4.78, 5) is 13.3. The highest BCUT2D eigenvalue weighted by molar-refractivity contribution is 9.12. The molecule has 0 fully saturated rings. The number of carbonyl (C=O) groups excluding carboxylic acids is 1. The lowest BCUT2D eigenvalue weighted by atomic mass is 10.1. The van der Waals surface area contributed by atoms with E-state index in [1.165, 1.54) is 5.56 Å². The molecule has 1 rings (SSSR count). The molecule has 1 amide bonds. The van der Waals surface area contributed by atoms with E-state index in [-0.39, 0.29) is 5.91 Å². The van der Waals surface area contributed by atoms with Gasteiger partial charge in [-0.3, -0.25) is 4.79 Å². The Labute approximate surface area is 106 Å². The average molecular weight is 331 g/mol. The molecule has 78 valence electrons. The first-order valence-corrected chi connectivity index (χ1v) is 5.95. The maximum Gasteiger partial charge on any atom is 0.296 e. The van der Waals surface area contributed by atoms with E-state index >= 15 is 0 Å². The SMILES string of the molecule is O=C(C#CBr)NCCc1ccc(Br)cc1. The fraction of sp³-hybridized carbons (Fsp3) is 0.182. The molecule has 2 nitrogen and oxygen atoms in total. The lowest BCUT2D eigenvalue weighted by molar-refractivity contribution is -0.115. The lowest BCUT2D eigenvalue weighted by Crippen LogP contribution is -2.23. The minimum Gasteiger partial charge on any atom is -0.345 e. The van der Waals surface area contributed by atoms with E-state index in [4.69, 9.17) is 0 Å². The van der Waals surface area contributed by atoms with Crippen LogP contribution in [0.25, 0.3) is 0 Å². The van der Waals surface area contributed by atoms with Gasteiger partial charge in [-0.2, -0.15) is 0 Å². The van der Waals surface area contributed by atoms with Crippen molar-refractivity contribution in [3.63, 3.8) is 0 Å². The van der Waals surface area contributed by atoms with Crippen molar-refractivity contribution in [2.45, 2.75) is 6.42 Å². The van der Waals surface area contributed by atoms with E-state index in [1.807, 2.05) is 24.3 Å². The van der Waals surface area contributed by atoms with Gasteiger partial charge in [-0.15, -0.1) is 0 Å². The number of rotatable bonds is 3. The van der Waals surface area contributed by atoms with Crippen molar-refractivity contribution >= 4 is 37.8 Å². The van der Waals surface area contributed by atoms with Crippen LogP contribution in [0.15, 0.2) is 28.7 Å². The van der Waals surface area contributed by atoms with E-state index in [1.54, 1.807) is 0 Å². The van der Waals surface area contributed by atoms with Gasteiger partial charge < -0.3 is 5.32 Å². The van der Waals surface area contributed by atoms with Gasteiger partial charge in [0.05, 0.1) is 0 Å². The zero-order valence-electron chi connectivity index (χ0n) is 7.89. The highest BCUT2D eigenvalue weighted by Gasteiger charge is 1.96. The normalized spacial score (nSPS) is 8.93. The van der Waals surface area contributed by atoms with Gasteiger partial charge in [0.1, 0.15) is 0 Å². The van der Waals surface area contributed by atoms with Gasteiger partial charge in [0, 0.05) is 32.9 Å². The molecular weight excluding hydrogens is 322 g/mol. The first-order valence-electron chi connectivity index (χ1n) is 4.36. The molecule has 0 aromatic heterocycles. The second-order valence-electron chi connectivity index (χ2n) is 2.85. The fourth-order valence-corrected chi connectivity index (χ4v) is 1.50. The summed E-state index contributed by atoms with van der Waals surface area (Å²) in [5.41, 5.74) is 1.19. The molecule has 0 saturated heterocycles. The Balaban J connectivity index is 2.34. The minimum absolute atomic E-state index is 0.260. The monoisotopic (exact) mass is 329 g/mol. The van der Waals surface area contributed by atoms with Gasteiger partial charge in [-0.25, -0.2) is 0 Å². The van der Waals surface area contributed by atoms with E-state index < -0.39 is 0 Å². The minimum atomic E-state index is -0.260. The highest BCUT2D eigenvalue weighted by atomic mass is 79.9. The van der Waals surface area contributed by atoms with Crippen molar-refractivity contribution < 1.29 is 4.79 Å². The van der Waals surface area contributed by atoms with Crippen LogP contribution < -0.4 is 5.32 Å². The summed E-state index contributed by atoms with van der Waals surface area (Å²) < 4.78 is 1.06. The van der Waals surface area contributed by atoms with Crippen LogP contribution in [0, 0.1) is 10.8 Å². The van der Waals surface area contributed by atoms with Gasteiger partial charge in [0.15, 0.2) is 0 Å². The molecule has 1 aromatic rings. The average Bonchev–Trinajstić information content (AvgIpc) is 2.21. The number of carbonyl (C=O) groups is 1. The topological polar surface area (TPSA) is 29.1 Å². The number of amides is 1. The van der Waals surface area contributed by atoms with Crippen LogP contribution in [0.3, 0.4) is 0 Å². The van der Waals surface area contributed by atoms with Crippen molar-refractivity contribution in [2.24, 2.45) is 0 Å². The Bertz CT molecular complexity index is 389. The number of hydrogen-bond acceptors (Lipinski definition) is 1. The summed E-state index contributed by atoms with van der Waals surface area (Å²) >= 11 is 6.23. The summed E-state index contributed by atoms with van der Waals surface area (Å²) in [7, 11) is 0. The molecule has 1 N–H and O–H groups in total. The smallest absolute Gasteiger partial charge is 0.296 e. The third kappa shape index (κ3) is 5.01. The summed E-state index contributed by atoms with van der Waals surface area (Å²) in [5, 5.41) is 2.69. The molecule has 4 heteroatoms. The molecule has 1 aromatic carbocycles. The quantitative estimate of drug-likeness (QED) is 0.847. The Kier molecular flexibility index (Phi) is 5.44. The lowest BCUT2D eigenvalue weighted by Gasteiger charge is -2.01. The fourth-order valence-electron chi connectivity index (χ4n) is 1.06. The van der Waals surface area contributed by atoms with Crippen LogP contribution in [-0.2, 0) is 11.2 Å². The standard InChI is InChI=1S/C11H9Br2NO/c12-7-5-11(15)14-8-6-9-1-3-10(13)4-2-9/h1-4H,6,8H2,(H,14,15). The predicted octanol–water partition coefficient (Wildman–Crippen LogP) is 2.46. The van der Waals surface area contributed by atoms with E-state index in [2.05, 4.69) is 47.9 Å². The van der Waals surface area contributed by atoms with Crippen LogP contribution in [0.5, 0.6) is 0 Å². The van der Waals surface area contributed by atoms with Crippen molar-refractivity contribution in [3.05, 3.63) is 34.3 Å². The largest absolute Gasteiger partial charge is 0.345 e. The maximum atomic E-state index is 11.0. The predicted molar refractivity (Wildman–Crippen MR) is 67.6 cm³/mol. The third-order valence-corrected chi connectivity index (χ3v) is 2.50. The van der Waals surface area contributed by atoms with Crippen molar-refractivity contribution in [1.29, 1.82) is 0 Å². The van der Waals surface area contributed by atoms with Crippen LogP contribution in [0.2, 0.25) is 0 Å². The van der Waals surface area contributed by atoms with E-state index in [0.717, 1.165) is 10.9 Å². The van der Waals surface area contributed by atoms with Gasteiger partial charge in [0.25, 0.3) is 5.91 Å². The summed E-state index contributed by atoms with van der Waals surface area (Å²) in [6.07, 6.45) is 0.809. The molecule has 15 heavy (non-hydrogen) atoms. The first-order chi connectivity index (χ1) is 7.22. The van der Waals surface area contributed by atoms with Crippen LogP contribution >= 0.6 is 31.9 Å². The zero-order valence-corrected chi connectivity index (χ0v) is 11.1. The van der Waals surface area contributed by atoms with Crippen LogP contribution in [0.1, 0.15) is 5.56 Å². The second kappa shape index (κ2) is 6.65. The highest BCUT2D eigenvalue weighted by Crippen LogP contribution is 2.10. The van der Waals surface area contributed by atoms with Crippen LogP contribution in [0.4, 0.5) is 0 Å². The molecule has 0 bridgehead atoms. The summed E-state index contributed by atoms with van der Waals surface area (Å²) in [6, 6.07) is 8.00. The van der Waals surface area contributed by atoms with Gasteiger partial charge in [-0.05, 0) is 28.9 Å². The zero-order chi connectivity index (χ0) is 11.1. The molecule has 0 spiro atoms. The van der Waals surface area contributed by atoms with Gasteiger partial charge in [-0.1, -0.05) is 28.1 Å². The second-order valence-corrected chi connectivity index (χ2v) is 4.16. The molecule has 0 heterocycles. The van der Waals surface area contributed by atoms with Gasteiger partial charge >= 0.3 is 0 Å². The Morgan fingerprint density at radius 3 is 2.60 bits per heavy atom. The molecule has 0 atom stereocenters. The Morgan fingerprint density at radius 2 is 2.00 bits per heavy atom. The molecule has 0 aliphatic rings. The van der Waals surface area contributed by atoms with Crippen molar-refractivity contribution in [1.82, 2.24) is 5.32 Å². The van der Waals surface area contributed by atoms with Crippen molar-refractivity contribution in [2.75, 3.05) is 6.54 Å². The number of hydrogen-bond donors (Lipinski definition) is 1. The number of halogens is 2. The van der Waals surface area contributed by atoms with E-state index in [0.29, 0.717) is 6.54 Å². The number of nitrogens with one attached hydrogen (secondary N) is 1. The molecule has 0 radical (unpaired) electrons. The first kappa shape index (κ1) is 12.3. The molecule has 0 saturated carbocycles. The molecule has 0 aliphatic carbocycles.